The Morgan fingerprint density at radius 1 is 1.00 bits per heavy atom. The van der Waals surface area contributed by atoms with E-state index < -0.39 is 11.6 Å². The fourth-order valence-corrected chi connectivity index (χ4v) is 2.98. The molecule has 1 saturated carbocycles. The van der Waals surface area contributed by atoms with Crippen molar-refractivity contribution in [3.05, 3.63) is 32.7 Å². The van der Waals surface area contributed by atoms with Gasteiger partial charge in [-0.15, -0.1) is 0 Å². The highest BCUT2D eigenvalue weighted by Crippen LogP contribution is 2.59. The maximum Gasteiger partial charge on any atom is 0.398 e. The molecule has 5 heteroatoms. The van der Waals surface area contributed by atoms with Crippen LogP contribution in [0.2, 0.25) is 0 Å². The summed E-state index contributed by atoms with van der Waals surface area (Å²) in [6.45, 7) is 0. The first-order chi connectivity index (χ1) is 6.85. The molecule has 0 spiro atoms. The third-order valence-corrected chi connectivity index (χ3v) is 3.62. The van der Waals surface area contributed by atoms with Crippen LogP contribution < -0.4 is 0 Å². The Morgan fingerprint density at radius 2 is 1.47 bits per heavy atom. The minimum absolute atomic E-state index is 0.194. The minimum Gasteiger partial charge on any atom is -0.170 e. The second-order valence-corrected chi connectivity index (χ2v) is 5.57. The van der Waals surface area contributed by atoms with Crippen LogP contribution in [0.25, 0.3) is 0 Å². The Kier molecular flexibility index (Phi) is 2.66. The van der Waals surface area contributed by atoms with Gasteiger partial charge in [-0.2, -0.15) is 13.2 Å². The number of alkyl halides is 3. The molecule has 1 aromatic rings. The smallest absolute Gasteiger partial charge is 0.170 e. The summed E-state index contributed by atoms with van der Waals surface area (Å²) >= 11 is 6.41. The van der Waals surface area contributed by atoms with Crippen molar-refractivity contribution >= 4 is 31.9 Å². The maximum atomic E-state index is 12.8. The van der Waals surface area contributed by atoms with Crippen molar-refractivity contribution in [2.24, 2.45) is 0 Å². The predicted molar refractivity (Wildman–Crippen MR) is 58.8 cm³/mol. The van der Waals surface area contributed by atoms with E-state index in [1.807, 2.05) is 0 Å². The summed E-state index contributed by atoms with van der Waals surface area (Å²) in [6.07, 6.45) is -3.76. The Morgan fingerprint density at radius 3 is 1.80 bits per heavy atom. The molecule has 15 heavy (non-hydrogen) atoms. The zero-order chi connectivity index (χ0) is 11.3. The molecule has 1 aliphatic carbocycles. The molecule has 2 rings (SSSR count). The second-order valence-electron chi connectivity index (χ2n) is 3.74. The van der Waals surface area contributed by atoms with E-state index in [0.717, 1.165) is 0 Å². The van der Waals surface area contributed by atoms with E-state index in [9.17, 15) is 13.2 Å². The molecule has 1 aliphatic rings. The van der Waals surface area contributed by atoms with Gasteiger partial charge in [-0.25, -0.2) is 0 Å². The quantitative estimate of drug-likeness (QED) is 0.686. The summed E-state index contributed by atoms with van der Waals surface area (Å²) in [5.41, 5.74) is -1.25. The van der Waals surface area contributed by atoms with Gasteiger partial charge in [0.2, 0.25) is 0 Å². The lowest BCUT2D eigenvalue weighted by Crippen LogP contribution is -2.28. The van der Waals surface area contributed by atoms with Crippen LogP contribution in [0.3, 0.4) is 0 Å². The van der Waals surface area contributed by atoms with Gasteiger partial charge in [-0.05, 0) is 36.6 Å². The highest BCUT2D eigenvalue weighted by atomic mass is 79.9. The molecule has 0 nitrogen and oxygen atoms in total. The molecule has 0 radical (unpaired) electrons. The number of rotatable bonds is 1. The first kappa shape index (κ1) is 11.5. The van der Waals surface area contributed by atoms with Crippen molar-refractivity contribution in [1.82, 2.24) is 0 Å². The molecular formula is C10H7Br2F3. The van der Waals surface area contributed by atoms with Crippen LogP contribution in [0.1, 0.15) is 18.4 Å². The van der Waals surface area contributed by atoms with Crippen molar-refractivity contribution in [3.63, 3.8) is 0 Å². The molecule has 0 heterocycles. The standard InChI is InChI=1S/C10H7Br2F3/c11-7-3-6(4-8(12)5-7)9(1-2-9)10(13,14)15/h3-5H,1-2H2. The van der Waals surface area contributed by atoms with Gasteiger partial charge in [-0.3, -0.25) is 0 Å². The summed E-state index contributed by atoms with van der Waals surface area (Å²) in [6, 6.07) is 4.83. The number of hydrogen-bond acceptors (Lipinski definition) is 0. The summed E-state index contributed by atoms with van der Waals surface area (Å²) in [5, 5.41) is 0. The molecule has 0 unspecified atom stereocenters. The largest absolute Gasteiger partial charge is 0.398 e. The lowest BCUT2D eigenvalue weighted by molar-refractivity contribution is -0.160. The average molecular weight is 344 g/mol. The molecule has 0 N–H and O–H groups in total. The third kappa shape index (κ3) is 1.96. The second kappa shape index (κ2) is 3.48. The van der Waals surface area contributed by atoms with E-state index in [-0.39, 0.29) is 12.8 Å². The van der Waals surface area contributed by atoms with Gasteiger partial charge < -0.3 is 0 Å². The SMILES string of the molecule is FC(F)(F)C1(c2cc(Br)cc(Br)c2)CC1. The van der Waals surface area contributed by atoms with E-state index in [0.29, 0.717) is 14.5 Å². The van der Waals surface area contributed by atoms with Crippen molar-refractivity contribution in [3.8, 4) is 0 Å². The van der Waals surface area contributed by atoms with Gasteiger partial charge in [0.25, 0.3) is 0 Å². The van der Waals surface area contributed by atoms with E-state index in [1.54, 1.807) is 18.2 Å². The van der Waals surface area contributed by atoms with Crippen LogP contribution in [0.15, 0.2) is 27.1 Å². The normalized spacial score (nSPS) is 19.0. The molecule has 82 valence electrons. The first-order valence-electron chi connectivity index (χ1n) is 4.38. The topological polar surface area (TPSA) is 0 Å². The maximum absolute atomic E-state index is 12.8. The fraction of sp³-hybridized carbons (Fsp3) is 0.400. The lowest BCUT2D eigenvalue weighted by Gasteiger charge is -2.20. The van der Waals surface area contributed by atoms with Gasteiger partial charge in [0, 0.05) is 8.95 Å². The van der Waals surface area contributed by atoms with Gasteiger partial charge >= 0.3 is 6.18 Å². The Balaban J connectivity index is 2.46. The molecule has 0 amide bonds. The summed E-state index contributed by atoms with van der Waals surface area (Å²) in [4.78, 5) is 0. The zero-order valence-electron chi connectivity index (χ0n) is 7.54. The molecule has 0 aliphatic heterocycles. The third-order valence-electron chi connectivity index (χ3n) is 2.71. The van der Waals surface area contributed by atoms with E-state index in [2.05, 4.69) is 31.9 Å². The highest BCUT2D eigenvalue weighted by Gasteiger charge is 2.64. The number of halogens is 5. The molecule has 0 bridgehead atoms. The van der Waals surface area contributed by atoms with E-state index in [4.69, 9.17) is 0 Å². The van der Waals surface area contributed by atoms with Crippen LogP contribution in [-0.2, 0) is 5.41 Å². The van der Waals surface area contributed by atoms with Crippen molar-refractivity contribution < 1.29 is 13.2 Å². The van der Waals surface area contributed by atoms with Crippen molar-refractivity contribution in [2.45, 2.75) is 24.4 Å². The summed E-state index contributed by atoms with van der Waals surface area (Å²) in [5.74, 6) is 0. The highest BCUT2D eigenvalue weighted by molar-refractivity contribution is 9.11. The van der Waals surface area contributed by atoms with Crippen molar-refractivity contribution in [1.29, 1.82) is 0 Å². The van der Waals surface area contributed by atoms with Gasteiger partial charge in [0.1, 0.15) is 0 Å². The van der Waals surface area contributed by atoms with Crippen LogP contribution in [0.5, 0.6) is 0 Å². The molecule has 1 aromatic carbocycles. The lowest BCUT2D eigenvalue weighted by atomic mass is 9.95. The molecule has 0 atom stereocenters. The molecular weight excluding hydrogens is 337 g/mol. The fourth-order valence-electron chi connectivity index (χ4n) is 1.69. The Labute approximate surface area is 102 Å². The van der Waals surface area contributed by atoms with Crippen LogP contribution >= 0.6 is 31.9 Å². The van der Waals surface area contributed by atoms with Crippen LogP contribution in [0.4, 0.5) is 13.2 Å². The van der Waals surface area contributed by atoms with Crippen LogP contribution in [0, 0.1) is 0 Å². The summed E-state index contributed by atoms with van der Waals surface area (Å²) in [7, 11) is 0. The molecule has 0 aromatic heterocycles. The Hall–Kier alpha value is -0.0300. The molecule has 0 saturated heterocycles. The first-order valence-corrected chi connectivity index (χ1v) is 5.97. The average Bonchev–Trinajstić information content (AvgIpc) is 2.79. The monoisotopic (exact) mass is 342 g/mol. The minimum atomic E-state index is -4.15. The Bertz CT molecular complexity index is 374. The number of benzene rings is 1. The van der Waals surface area contributed by atoms with Gasteiger partial charge in [-0.1, -0.05) is 31.9 Å². The predicted octanol–water partition coefficient (Wildman–Crippen LogP) is 4.81. The number of hydrogen-bond donors (Lipinski definition) is 0. The van der Waals surface area contributed by atoms with E-state index in [1.165, 1.54) is 0 Å². The van der Waals surface area contributed by atoms with Gasteiger partial charge in [0.05, 0.1) is 5.41 Å². The van der Waals surface area contributed by atoms with Gasteiger partial charge in [0.15, 0.2) is 0 Å². The summed E-state index contributed by atoms with van der Waals surface area (Å²) < 4.78 is 39.8. The van der Waals surface area contributed by atoms with Crippen molar-refractivity contribution in [2.75, 3.05) is 0 Å². The molecule has 1 fully saturated rings. The van der Waals surface area contributed by atoms with Crippen LogP contribution in [-0.4, -0.2) is 6.18 Å². The zero-order valence-corrected chi connectivity index (χ0v) is 10.7. The van der Waals surface area contributed by atoms with E-state index >= 15 is 0 Å².